The quantitative estimate of drug-likeness (QED) is 0.728. The molecule has 0 bridgehead atoms. The molecular weight excluding hydrogens is 433 g/mol. The summed E-state index contributed by atoms with van der Waals surface area (Å²) in [6.45, 7) is 5.68. The lowest BCUT2D eigenvalue weighted by molar-refractivity contribution is 0.102. The van der Waals surface area contributed by atoms with Crippen LogP contribution in [0.1, 0.15) is 43.2 Å². The Morgan fingerprint density at radius 3 is 2.69 bits per heavy atom. The summed E-state index contributed by atoms with van der Waals surface area (Å²) in [5.74, 6) is -0.260. The minimum Gasteiger partial charge on any atom is -0.495 e. The third-order valence-electron chi connectivity index (χ3n) is 6.36. The van der Waals surface area contributed by atoms with Crippen molar-refractivity contribution in [1.29, 1.82) is 0 Å². The first-order chi connectivity index (χ1) is 15.0. The van der Waals surface area contributed by atoms with Crippen molar-refractivity contribution in [2.24, 2.45) is 15.1 Å². The molecule has 4 rings (SSSR count). The van der Waals surface area contributed by atoms with Crippen LogP contribution < -0.4 is 15.8 Å². The normalized spacial score (nSPS) is 28.3. The van der Waals surface area contributed by atoms with Gasteiger partial charge in [-0.15, -0.1) is 0 Å². The van der Waals surface area contributed by atoms with Gasteiger partial charge in [0.25, 0.3) is 5.91 Å². The zero-order valence-corrected chi connectivity index (χ0v) is 19.2. The molecule has 10 heteroatoms. The maximum atomic E-state index is 15.1. The summed E-state index contributed by atoms with van der Waals surface area (Å²) in [5.41, 5.74) is 5.82. The Morgan fingerprint density at radius 1 is 1.28 bits per heavy atom. The molecule has 170 valence electrons. The Labute approximate surface area is 186 Å². The monoisotopic (exact) mass is 459 g/mol. The topological polar surface area (TPSA) is 119 Å². The van der Waals surface area contributed by atoms with Crippen LogP contribution in [0.3, 0.4) is 0 Å². The number of aliphatic imine (C=N–C) groups is 1. The van der Waals surface area contributed by atoms with Crippen LogP contribution in [0, 0.1) is 5.82 Å². The van der Waals surface area contributed by atoms with Crippen LogP contribution in [0.4, 0.5) is 10.1 Å². The molecule has 1 aromatic heterocycles. The van der Waals surface area contributed by atoms with Crippen molar-refractivity contribution in [2.75, 3.05) is 19.0 Å². The number of ether oxygens (including phenoxy) is 1. The molecule has 0 spiro atoms. The summed E-state index contributed by atoms with van der Waals surface area (Å²) in [7, 11) is -1.28. The van der Waals surface area contributed by atoms with E-state index in [0.29, 0.717) is 24.4 Å². The van der Waals surface area contributed by atoms with Gasteiger partial charge in [-0.3, -0.25) is 9.79 Å². The largest absolute Gasteiger partial charge is 0.495 e. The maximum Gasteiger partial charge on any atom is 0.274 e. The molecule has 3 atom stereocenters. The molecule has 2 aliphatic heterocycles. The van der Waals surface area contributed by atoms with Gasteiger partial charge in [-0.2, -0.15) is 0 Å². The van der Waals surface area contributed by atoms with Gasteiger partial charge in [0, 0.05) is 17.8 Å². The van der Waals surface area contributed by atoms with Crippen LogP contribution in [-0.2, 0) is 15.3 Å². The summed E-state index contributed by atoms with van der Waals surface area (Å²) in [6.07, 6.45) is 1.95. The highest BCUT2D eigenvalue weighted by Crippen LogP contribution is 2.48. The number of aromatic nitrogens is 1. The van der Waals surface area contributed by atoms with Crippen LogP contribution in [0.5, 0.6) is 5.75 Å². The number of halogens is 1. The molecular formula is C22H26FN5O3S. The number of rotatable bonds is 4. The first-order valence-corrected chi connectivity index (χ1v) is 11.8. The maximum absolute atomic E-state index is 15.1. The van der Waals surface area contributed by atoms with Crippen LogP contribution in [0.2, 0.25) is 0 Å². The summed E-state index contributed by atoms with van der Waals surface area (Å²) in [6, 6.07) is 7.39. The predicted molar refractivity (Wildman–Crippen MR) is 122 cm³/mol. The summed E-state index contributed by atoms with van der Waals surface area (Å²) < 4.78 is 37.5. The Hall–Kier alpha value is -3.01. The fourth-order valence-electron chi connectivity index (χ4n) is 4.33. The van der Waals surface area contributed by atoms with Crippen LogP contribution in [0.25, 0.3) is 0 Å². The van der Waals surface area contributed by atoms with E-state index in [1.165, 1.54) is 37.6 Å². The summed E-state index contributed by atoms with van der Waals surface area (Å²) in [5, 5.41) is 2.23. The molecule has 32 heavy (non-hydrogen) atoms. The van der Waals surface area contributed by atoms with Gasteiger partial charge in [0.1, 0.15) is 33.4 Å². The number of benzene rings is 1. The van der Waals surface area contributed by atoms with E-state index in [1.807, 2.05) is 0 Å². The molecule has 0 saturated heterocycles. The molecule has 0 aliphatic carbocycles. The van der Waals surface area contributed by atoms with Gasteiger partial charge in [0.05, 0.1) is 28.3 Å². The van der Waals surface area contributed by atoms with Crippen molar-refractivity contribution < 1.29 is 18.1 Å². The van der Waals surface area contributed by atoms with Crippen molar-refractivity contribution in [3.05, 3.63) is 53.6 Å². The lowest BCUT2D eigenvalue weighted by Gasteiger charge is -2.44. The Balaban J connectivity index is 1.73. The van der Waals surface area contributed by atoms with E-state index >= 15 is 4.39 Å². The first-order valence-electron chi connectivity index (χ1n) is 10.2. The highest BCUT2D eigenvalue weighted by atomic mass is 32.2. The van der Waals surface area contributed by atoms with E-state index in [4.69, 9.17) is 10.5 Å². The molecule has 0 unspecified atom stereocenters. The molecule has 1 aromatic carbocycles. The van der Waals surface area contributed by atoms with Crippen molar-refractivity contribution >= 4 is 27.2 Å². The number of amides is 1. The third kappa shape index (κ3) is 3.24. The van der Waals surface area contributed by atoms with E-state index in [1.54, 1.807) is 26.8 Å². The number of hydrogen-bond acceptors (Lipinski definition) is 7. The molecule has 3 heterocycles. The van der Waals surface area contributed by atoms with Gasteiger partial charge in [0.15, 0.2) is 0 Å². The van der Waals surface area contributed by atoms with Crippen molar-refractivity contribution in [2.45, 2.75) is 42.7 Å². The van der Waals surface area contributed by atoms with Crippen molar-refractivity contribution in [1.82, 2.24) is 4.98 Å². The number of nitrogens with two attached hydrogens (primary N) is 1. The number of fused-ring (bicyclic) bond motifs is 1. The predicted octanol–water partition coefficient (Wildman–Crippen LogP) is 3.09. The van der Waals surface area contributed by atoms with Crippen LogP contribution in [-0.4, -0.2) is 44.6 Å². The number of anilines is 1. The number of methoxy groups -OCH3 is 1. The van der Waals surface area contributed by atoms with Gasteiger partial charge in [-0.05, 0) is 57.5 Å². The number of hydrogen-bond donors (Lipinski definition) is 2. The van der Waals surface area contributed by atoms with Crippen LogP contribution >= 0.6 is 0 Å². The van der Waals surface area contributed by atoms with E-state index in [0.717, 1.165) is 0 Å². The number of nitrogens with one attached hydrogen (secondary N) is 1. The van der Waals surface area contributed by atoms with Gasteiger partial charge in [0.2, 0.25) is 0 Å². The lowest BCUT2D eigenvalue weighted by Crippen LogP contribution is -2.58. The number of pyridine rings is 1. The average Bonchev–Trinajstić information content (AvgIpc) is 3.18. The minimum absolute atomic E-state index is 0.183. The molecule has 2 aliphatic rings. The summed E-state index contributed by atoms with van der Waals surface area (Å²) >= 11 is 0. The number of nitrogens with zero attached hydrogens (tertiary/aromatic N) is 3. The highest BCUT2D eigenvalue weighted by molar-refractivity contribution is 7.96. The standard InChI is InChI=1S/C22H26FN5O3S/c1-21(2)20(24)28-22(3,18-9-10-26-32(18,21)30)15-11-13(5-7-16(15)23)27-19(29)17-8-6-14(31-4)12-25-17/h5-8,11-12,18H,9-10H2,1-4H3,(H2,24,28)(H,27,29)/t18-,22+,32+/m0/s1. The van der Waals surface area contributed by atoms with Crippen LogP contribution in [0.15, 0.2) is 45.9 Å². The molecule has 0 saturated carbocycles. The van der Waals surface area contributed by atoms with E-state index < -0.39 is 37.0 Å². The number of carbonyl (C=O) groups excluding carboxylic acids is 1. The molecule has 0 fully saturated rings. The SMILES string of the molecule is COc1ccc(C(=O)Nc2ccc(F)c([C@@]3(C)N=C(N)C(C)(C)[S@@]4(=O)=NCC[C@@H]34)c2)nc1. The third-order valence-corrected chi connectivity index (χ3v) is 10.1. The second kappa shape index (κ2) is 7.54. The zero-order chi connectivity index (χ0) is 23.3. The second-order valence-electron chi connectivity index (χ2n) is 8.59. The van der Waals surface area contributed by atoms with Crippen molar-refractivity contribution in [3.8, 4) is 5.75 Å². The van der Waals surface area contributed by atoms with Gasteiger partial charge in [-0.25, -0.2) is 17.9 Å². The highest BCUT2D eigenvalue weighted by Gasteiger charge is 2.56. The molecule has 8 nitrogen and oxygen atoms in total. The fourth-order valence-corrected chi connectivity index (χ4v) is 7.49. The number of amidine groups is 1. The molecule has 2 aromatic rings. The smallest absolute Gasteiger partial charge is 0.274 e. The van der Waals surface area contributed by atoms with E-state index in [2.05, 4.69) is 19.7 Å². The zero-order valence-electron chi connectivity index (χ0n) is 18.4. The van der Waals surface area contributed by atoms with E-state index in [-0.39, 0.29) is 17.1 Å². The van der Waals surface area contributed by atoms with Gasteiger partial charge < -0.3 is 15.8 Å². The second-order valence-corrected chi connectivity index (χ2v) is 11.6. The molecule has 3 N–H and O–H groups in total. The first kappa shape index (κ1) is 22.2. The molecule has 0 radical (unpaired) electrons. The molecule has 1 amide bonds. The van der Waals surface area contributed by atoms with Gasteiger partial charge in [-0.1, -0.05) is 0 Å². The van der Waals surface area contributed by atoms with E-state index in [9.17, 15) is 9.00 Å². The van der Waals surface area contributed by atoms with Crippen molar-refractivity contribution in [3.63, 3.8) is 0 Å². The lowest BCUT2D eigenvalue weighted by atomic mass is 9.85. The minimum atomic E-state index is -2.79. The Morgan fingerprint density at radius 2 is 2.03 bits per heavy atom. The fraction of sp³-hybridized carbons (Fsp3) is 0.409. The number of carbonyl (C=O) groups is 1. The van der Waals surface area contributed by atoms with Gasteiger partial charge >= 0.3 is 0 Å². The summed E-state index contributed by atoms with van der Waals surface area (Å²) in [4.78, 5) is 21.3. The Kier molecular flexibility index (Phi) is 5.23. The Bertz CT molecular complexity index is 1230. The average molecular weight is 460 g/mol.